The lowest BCUT2D eigenvalue weighted by Crippen LogP contribution is -2.37. The molecule has 2 atom stereocenters. The van der Waals surface area contributed by atoms with Crippen LogP contribution in [-0.4, -0.2) is 41.7 Å². The fourth-order valence-corrected chi connectivity index (χ4v) is 3.43. The Morgan fingerprint density at radius 2 is 1.64 bits per heavy atom. The average Bonchev–Trinajstić information content (AvgIpc) is 2.86. The first-order valence-corrected chi connectivity index (χ1v) is 8.42. The minimum atomic E-state index is -0.761. The summed E-state index contributed by atoms with van der Waals surface area (Å²) >= 11 is 0. The van der Waals surface area contributed by atoms with E-state index in [-0.39, 0.29) is 23.7 Å². The molecule has 25 heavy (non-hydrogen) atoms. The molecule has 0 bridgehead atoms. The number of anilines is 1. The molecule has 3 rings (SSSR count). The van der Waals surface area contributed by atoms with Crippen LogP contribution in [0.1, 0.15) is 25.7 Å². The van der Waals surface area contributed by atoms with Crippen molar-refractivity contribution in [2.45, 2.75) is 25.7 Å². The predicted octanol–water partition coefficient (Wildman–Crippen LogP) is 1.34. The molecule has 2 unspecified atom stereocenters. The fourth-order valence-electron chi connectivity index (χ4n) is 3.43. The Labute approximate surface area is 145 Å². The van der Waals surface area contributed by atoms with E-state index >= 15 is 0 Å². The van der Waals surface area contributed by atoms with Gasteiger partial charge in [-0.2, -0.15) is 0 Å². The number of benzene rings is 1. The number of nitrogens with zero attached hydrogens (tertiary/aromatic N) is 1. The van der Waals surface area contributed by atoms with E-state index in [0.29, 0.717) is 18.5 Å². The Morgan fingerprint density at radius 3 is 2.24 bits per heavy atom. The molecule has 1 saturated heterocycles. The number of likely N-dealkylation sites (tertiary alicyclic amines) is 1. The zero-order valence-corrected chi connectivity index (χ0v) is 13.8. The smallest absolute Gasteiger partial charge is 0.326 e. The van der Waals surface area contributed by atoms with Crippen LogP contribution in [0.15, 0.2) is 30.3 Å². The molecule has 1 aromatic rings. The summed E-state index contributed by atoms with van der Waals surface area (Å²) in [6.07, 6.45) is 3.25. The zero-order valence-electron chi connectivity index (χ0n) is 13.8. The van der Waals surface area contributed by atoms with Gasteiger partial charge < -0.3 is 10.1 Å². The van der Waals surface area contributed by atoms with Crippen LogP contribution in [-0.2, 0) is 23.9 Å². The van der Waals surface area contributed by atoms with Gasteiger partial charge in [-0.25, -0.2) is 0 Å². The molecule has 2 fully saturated rings. The number of esters is 1. The summed E-state index contributed by atoms with van der Waals surface area (Å²) in [6.45, 7) is -0.889. The molecule has 7 heteroatoms. The molecule has 1 N–H and O–H groups in total. The number of ether oxygens (including phenoxy) is 1. The van der Waals surface area contributed by atoms with E-state index in [9.17, 15) is 19.2 Å². The molecular weight excluding hydrogens is 324 g/mol. The van der Waals surface area contributed by atoms with Crippen LogP contribution in [0.25, 0.3) is 0 Å². The summed E-state index contributed by atoms with van der Waals surface area (Å²) in [7, 11) is 0. The number of carbonyl (C=O) groups is 4. The highest BCUT2D eigenvalue weighted by molar-refractivity contribution is 6.07. The van der Waals surface area contributed by atoms with Crippen LogP contribution in [0.4, 0.5) is 5.69 Å². The molecule has 0 radical (unpaired) electrons. The van der Waals surface area contributed by atoms with Gasteiger partial charge in [0.1, 0.15) is 6.54 Å². The second-order valence-electron chi connectivity index (χ2n) is 6.33. The molecule has 1 heterocycles. The van der Waals surface area contributed by atoms with Gasteiger partial charge in [0.2, 0.25) is 11.8 Å². The highest BCUT2D eigenvalue weighted by atomic mass is 16.5. The molecular formula is C18H20N2O5. The number of fused-ring (bicyclic) bond motifs is 1. The Bertz CT molecular complexity index is 664. The topological polar surface area (TPSA) is 92.8 Å². The Kier molecular flexibility index (Phi) is 5.11. The molecule has 1 aromatic carbocycles. The average molecular weight is 344 g/mol. The number of nitrogens with one attached hydrogen (secondary N) is 1. The summed E-state index contributed by atoms with van der Waals surface area (Å²) in [4.78, 5) is 49.2. The van der Waals surface area contributed by atoms with E-state index in [1.54, 1.807) is 24.3 Å². The highest BCUT2D eigenvalue weighted by Gasteiger charge is 2.48. The van der Waals surface area contributed by atoms with E-state index in [0.717, 1.165) is 17.7 Å². The third-order valence-corrected chi connectivity index (χ3v) is 4.64. The molecule has 1 aliphatic heterocycles. The lowest BCUT2D eigenvalue weighted by atomic mass is 9.81. The summed E-state index contributed by atoms with van der Waals surface area (Å²) in [5, 5.41) is 2.59. The standard InChI is InChI=1S/C18H20N2O5/c21-15(19-12-6-2-1-3-7-12)11-25-16(22)10-20-17(23)13-8-4-5-9-14(13)18(20)24/h1-3,6-7,13-14H,4-5,8-11H2,(H,19,21). The lowest BCUT2D eigenvalue weighted by Gasteiger charge is -2.19. The van der Waals surface area contributed by atoms with E-state index < -0.39 is 25.0 Å². The largest absolute Gasteiger partial charge is 0.454 e. The van der Waals surface area contributed by atoms with Crippen molar-refractivity contribution >= 4 is 29.4 Å². The van der Waals surface area contributed by atoms with Crippen molar-refractivity contribution in [2.24, 2.45) is 11.8 Å². The Morgan fingerprint density at radius 1 is 1.04 bits per heavy atom. The Balaban J connectivity index is 1.48. The van der Waals surface area contributed by atoms with Crippen molar-refractivity contribution in [3.8, 4) is 0 Å². The van der Waals surface area contributed by atoms with Gasteiger partial charge in [0.25, 0.3) is 5.91 Å². The van der Waals surface area contributed by atoms with E-state index in [4.69, 9.17) is 4.74 Å². The van der Waals surface area contributed by atoms with E-state index in [2.05, 4.69) is 5.32 Å². The molecule has 1 aliphatic carbocycles. The Hall–Kier alpha value is -2.70. The van der Waals surface area contributed by atoms with Crippen LogP contribution >= 0.6 is 0 Å². The summed E-state index contributed by atoms with van der Waals surface area (Å²) in [5.74, 6) is -2.41. The number of imide groups is 1. The van der Waals surface area contributed by atoms with Gasteiger partial charge in [-0.15, -0.1) is 0 Å². The number of para-hydroxylation sites is 1. The van der Waals surface area contributed by atoms with Crippen LogP contribution in [0.5, 0.6) is 0 Å². The molecule has 0 aromatic heterocycles. The first-order chi connectivity index (χ1) is 12.1. The van der Waals surface area contributed by atoms with Gasteiger partial charge in [0.15, 0.2) is 6.61 Å². The van der Waals surface area contributed by atoms with Crippen LogP contribution in [0.2, 0.25) is 0 Å². The van der Waals surface area contributed by atoms with Crippen LogP contribution in [0, 0.1) is 11.8 Å². The monoisotopic (exact) mass is 344 g/mol. The van der Waals surface area contributed by atoms with E-state index in [1.807, 2.05) is 6.07 Å². The molecule has 7 nitrogen and oxygen atoms in total. The van der Waals surface area contributed by atoms with Crippen molar-refractivity contribution in [1.82, 2.24) is 4.90 Å². The number of carbonyl (C=O) groups excluding carboxylic acids is 4. The van der Waals surface area contributed by atoms with Crippen LogP contribution in [0.3, 0.4) is 0 Å². The van der Waals surface area contributed by atoms with Crippen molar-refractivity contribution < 1.29 is 23.9 Å². The summed E-state index contributed by atoms with van der Waals surface area (Å²) in [5.41, 5.74) is 0.595. The highest BCUT2D eigenvalue weighted by Crippen LogP contribution is 2.37. The van der Waals surface area contributed by atoms with Gasteiger partial charge >= 0.3 is 5.97 Å². The van der Waals surface area contributed by atoms with Gasteiger partial charge in [-0.1, -0.05) is 31.0 Å². The second kappa shape index (κ2) is 7.46. The molecule has 2 aliphatic rings. The normalized spacial score (nSPS) is 22.5. The first-order valence-electron chi connectivity index (χ1n) is 8.42. The third-order valence-electron chi connectivity index (χ3n) is 4.64. The minimum absolute atomic E-state index is 0.291. The third kappa shape index (κ3) is 3.87. The predicted molar refractivity (Wildman–Crippen MR) is 88.2 cm³/mol. The number of hydrogen-bond acceptors (Lipinski definition) is 5. The van der Waals surface area contributed by atoms with Gasteiger partial charge in [-0.05, 0) is 25.0 Å². The maximum atomic E-state index is 12.3. The van der Waals surface area contributed by atoms with Gasteiger partial charge in [-0.3, -0.25) is 24.1 Å². The number of rotatable bonds is 5. The van der Waals surface area contributed by atoms with Crippen molar-refractivity contribution in [3.63, 3.8) is 0 Å². The number of hydrogen-bond donors (Lipinski definition) is 1. The van der Waals surface area contributed by atoms with Crippen molar-refractivity contribution in [3.05, 3.63) is 30.3 Å². The second-order valence-corrected chi connectivity index (χ2v) is 6.33. The minimum Gasteiger partial charge on any atom is -0.454 e. The van der Waals surface area contributed by atoms with Crippen molar-refractivity contribution in [1.29, 1.82) is 0 Å². The maximum absolute atomic E-state index is 12.3. The van der Waals surface area contributed by atoms with Gasteiger partial charge in [0.05, 0.1) is 11.8 Å². The maximum Gasteiger partial charge on any atom is 0.326 e. The quantitative estimate of drug-likeness (QED) is 0.643. The van der Waals surface area contributed by atoms with Crippen LogP contribution < -0.4 is 5.32 Å². The summed E-state index contributed by atoms with van der Waals surface area (Å²) < 4.78 is 4.89. The molecule has 1 saturated carbocycles. The zero-order chi connectivity index (χ0) is 17.8. The first kappa shape index (κ1) is 17.1. The number of amides is 3. The lowest BCUT2D eigenvalue weighted by molar-refractivity contribution is -0.154. The van der Waals surface area contributed by atoms with Gasteiger partial charge in [0, 0.05) is 5.69 Å². The molecule has 0 spiro atoms. The molecule has 3 amide bonds. The fraction of sp³-hybridized carbons (Fsp3) is 0.444. The van der Waals surface area contributed by atoms with E-state index in [1.165, 1.54) is 0 Å². The SMILES string of the molecule is O=C(COC(=O)CN1C(=O)C2CCCCC2C1=O)Nc1ccccc1. The van der Waals surface area contributed by atoms with Crippen molar-refractivity contribution in [2.75, 3.05) is 18.5 Å². The summed E-state index contributed by atoms with van der Waals surface area (Å²) in [6, 6.07) is 8.78. The molecule has 132 valence electrons.